The van der Waals surface area contributed by atoms with Gasteiger partial charge in [0.15, 0.2) is 9.84 Å². The highest BCUT2D eigenvalue weighted by Crippen LogP contribution is 2.19. The Labute approximate surface area is 122 Å². The molecule has 1 aliphatic rings. The molecule has 8 heteroatoms. The summed E-state index contributed by atoms with van der Waals surface area (Å²) in [5, 5.41) is 11.9. The Balaban J connectivity index is 2.09. The maximum Gasteiger partial charge on any atom is 0.304 e. The van der Waals surface area contributed by atoms with Crippen molar-refractivity contribution in [3.8, 4) is 0 Å². The summed E-state index contributed by atoms with van der Waals surface area (Å²) in [5.74, 6) is -0.956. The molecule has 1 fully saturated rings. The lowest BCUT2D eigenvalue weighted by molar-refractivity contribution is -0.138. The molecule has 6 nitrogen and oxygen atoms in total. The van der Waals surface area contributed by atoms with Gasteiger partial charge in [0.1, 0.15) is 0 Å². The van der Waals surface area contributed by atoms with E-state index in [2.05, 4.69) is 4.98 Å². The number of nitrogens with zero attached hydrogens (tertiary/aromatic N) is 2. The van der Waals surface area contributed by atoms with Crippen molar-refractivity contribution in [1.82, 2.24) is 9.88 Å². The summed E-state index contributed by atoms with van der Waals surface area (Å²) in [5.41, 5.74) is 0.890. The van der Waals surface area contributed by atoms with E-state index in [0.29, 0.717) is 13.1 Å². The van der Waals surface area contributed by atoms with E-state index in [1.807, 2.05) is 17.2 Å². The maximum atomic E-state index is 11.7. The number of hydrogen-bond acceptors (Lipinski definition) is 6. The van der Waals surface area contributed by atoms with Crippen LogP contribution in [0.1, 0.15) is 24.0 Å². The molecule has 1 N–H and O–H groups in total. The molecule has 0 saturated carbocycles. The number of aryl methyl sites for hydroxylation is 1. The van der Waals surface area contributed by atoms with Gasteiger partial charge in [-0.1, -0.05) is 6.92 Å². The number of thiazole rings is 1. The van der Waals surface area contributed by atoms with Crippen LogP contribution in [0.25, 0.3) is 0 Å². The zero-order valence-corrected chi connectivity index (χ0v) is 12.9. The fourth-order valence-corrected chi connectivity index (χ4v) is 4.64. The molecule has 2 rings (SSSR count). The van der Waals surface area contributed by atoms with E-state index >= 15 is 0 Å². The first-order chi connectivity index (χ1) is 9.39. The van der Waals surface area contributed by atoms with Crippen molar-refractivity contribution in [3.63, 3.8) is 0 Å². The SMILES string of the molecule is CCc1nc(CN2CCS(=O)(=O)CC2CC(=O)O)cs1. The number of carboxylic acid groups (broad SMARTS) is 1. The fraction of sp³-hybridized carbons (Fsp3) is 0.667. The predicted octanol–water partition coefficient (Wildman–Crippen LogP) is 0.779. The second-order valence-electron chi connectivity index (χ2n) is 4.92. The molecular formula is C12H18N2O4S2. The zero-order valence-electron chi connectivity index (χ0n) is 11.3. The Kier molecular flexibility index (Phi) is 4.77. The van der Waals surface area contributed by atoms with Crippen LogP contribution in [-0.2, 0) is 27.6 Å². The normalized spacial score (nSPS) is 22.8. The van der Waals surface area contributed by atoms with Crippen molar-refractivity contribution in [2.24, 2.45) is 0 Å². The predicted molar refractivity (Wildman–Crippen MR) is 76.6 cm³/mol. The molecule has 2 heterocycles. The molecule has 0 amide bonds. The molecule has 112 valence electrons. The summed E-state index contributed by atoms with van der Waals surface area (Å²) in [6.07, 6.45) is 0.724. The first-order valence-electron chi connectivity index (χ1n) is 6.49. The lowest BCUT2D eigenvalue weighted by Crippen LogP contribution is -2.48. The van der Waals surface area contributed by atoms with Crippen molar-refractivity contribution in [1.29, 1.82) is 0 Å². The van der Waals surface area contributed by atoms with E-state index in [1.165, 1.54) is 0 Å². The third-order valence-corrected chi connectivity index (χ3v) is 6.07. The van der Waals surface area contributed by atoms with Crippen LogP contribution in [0.3, 0.4) is 0 Å². The fourth-order valence-electron chi connectivity index (χ4n) is 2.31. The van der Waals surface area contributed by atoms with Gasteiger partial charge in [-0.15, -0.1) is 11.3 Å². The molecule has 1 aliphatic heterocycles. The van der Waals surface area contributed by atoms with Crippen LogP contribution in [0, 0.1) is 0 Å². The Bertz CT molecular complexity index is 582. The molecule has 20 heavy (non-hydrogen) atoms. The van der Waals surface area contributed by atoms with Gasteiger partial charge in [0.25, 0.3) is 0 Å². The quantitative estimate of drug-likeness (QED) is 0.863. The van der Waals surface area contributed by atoms with Crippen molar-refractivity contribution in [2.75, 3.05) is 18.1 Å². The van der Waals surface area contributed by atoms with Crippen LogP contribution in [0.15, 0.2) is 5.38 Å². The van der Waals surface area contributed by atoms with Crippen molar-refractivity contribution in [3.05, 3.63) is 16.1 Å². The summed E-state index contributed by atoms with van der Waals surface area (Å²) in [7, 11) is -3.12. The first-order valence-corrected chi connectivity index (χ1v) is 9.19. The molecular weight excluding hydrogens is 300 g/mol. The number of hydrogen-bond donors (Lipinski definition) is 1. The lowest BCUT2D eigenvalue weighted by Gasteiger charge is -2.34. The smallest absolute Gasteiger partial charge is 0.304 e. The van der Waals surface area contributed by atoms with Gasteiger partial charge in [-0.25, -0.2) is 13.4 Å². The molecule has 1 aromatic heterocycles. The van der Waals surface area contributed by atoms with Crippen LogP contribution < -0.4 is 0 Å². The monoisotopic (exact) mass is 318 g/mol. The summed E-state index contributed by atoms with van der Waals surface area (Å²) in [6, 6.07) is -0.460. The molecule has 0 aliphatic carbocycles. The average molecular weight is 318 g/mol. The van der Waals surface area contributed by atoms with E-state index in [0.717, 1.165) is 17.1 Å². The molecule has 0 bridgehead atoms. The molecule has 0 radical (unpaired) electrons. The Hall–Kier alpha value is -0.990. The van der Waals surface area contributed by atoms with Crippen molar-refractivity contribution in [2.45, 2.75) is 32.4 Å². The number of rotatable bonds is 5. The molecule has 1 saturated heterocycles. The second kappa shape index (κ2) is 6.19. The highest BCUT2D eigenvalue weighted by atomic mass is 32.2. The minimum atomic E-state index is -3.12. The lowest BCUT2D eigenvalue weighted by atomic mass is 10.2. The highest BCUT2D eigenvalue weighted by molar-refractivity contribution is 7.91. The number of carboxylic acids is 1. The van der Waals surface area contributed by atoms with E-state index in [1.54, 1.807) is 11.3 Å². The number of aromatic nitrogens is 1. The summed E-state index contributed by atoms with van der Waals surface area (Å²) in [6.45, 7) is 2.92. The first kappa shape index (κ1) is 15.4. The molecule has 0 aromatic carbocycles. The van der Waals surface area contributed by atoms with Crippen molar-refractivity contribution >= 4 is 27.1 Å². The highest BCUT2D eigenvalue weighted by Gasteiger charge is 2.32. The number of carbonyl (C=O) groups is 1. The van der Waals surface area contributed by atoms with Gasteiger partial charge in [-0.3, -0.25) is 9.69 Å². The van der Waals surface area contributed by atoms with E-state index in [4.69, 9.17) is 5.11 Å². The zero-order chi connectivity index (χ0) is 14.8. The largest absolute Gasteiger partial charge is 0.481 e. The average Bonchev–Trinajstić information content (AvgIpc) is 2.79. The molecule has 1 unspecified atom stereocenters. The topological polar surface area (TPSA) is 87.6 Å². The maximum absolute atomic E-state index is 11.7. The van der Waals surface area contributed by atoms with Gasteiger partial charge >= 0.3 is 5.97 Å². The third kappa shape index (κ3) is 4.00. The molecule has 1 atom stereocenters. The summed E-state index contributed by atoms with van der Waals surface area (Å²) < 4.78 is 23.3. The third-order valence-electron chi connectivity index (χ3n) is 3.33. The van der Waals surface area contributed by atoms with Crippen LogP contribution >= 0.6 is 11.3 Å². The van der Waals surface area contributed by atoms with E-state index in [9.17, 15) is 13.2 Å². The van der Waals surface area contributed by atoms with Gasteiger partial charge in [0.2, 0.25) is 0 Å². The summed E-state index contributed by atoms with van der Waals surface area (Å²) in [4.78, 5) is 17.3. The number of sulfone groups is 1. The standard InChI is InChI=1S/C12H18N2O4S2/c1-2-11-13-9(7-19-11)6-14-3-4-20(17,18)8-10(14)5-12(15)16/h7,10H,2-6,8H2,1H3,(H,15,16). The van der Waals surface area contributed by atoms with Crippen LogP contribution in [0.5, 0.6) is 0 Å². The summed E-state index contributed by atoms with van der Waals surface area (Å²) >= 11 is 1.58. The Morgan fingerprint density at radius 1 is 1.60 bits per heavy atom. The minimum Gasteiger partial charge on any atom is -0.481 e. The van der Waals surface area contributed by atoms with Gasteiger partial charge in [0.05, 0.1) is 28.6 Å². The number of aliphatic carboxylic acids is 1. The van der Waals surface area contributed by atoms with E-state index < -0.39 is 21.8 Å². The molecule has 0 spiro atoms. The molecule has 1 aromatic rings. The van der Waals surface area contributed by atoms with Gasteiger partial charge in [-0.2, -0.15) is 0 Å². The Morgan fingerprint density at radius 2 is 2.35 bits per heavy atom. The Morgan fingerprint density at radius 3 is 2.95 bits per heavy atom. The van der Waals surface area contributed by atoms with Crippen molar-refractivity contribution < 1.29 is 18.3 Å². The van der Waals surface area contributed by atoms with Crippen LogP contribution in [0.2, 0.25) is 0 Å². The minimum absolute atomic E-state index is 0.0793. The van der Waals surface area contributed by atoms with Crippen LogP contribution in [-0.4, -0.2) is 53.5 Å². The van der Waals surface area contributed by atoms with Gasteiger partial charge in [0, 0.05) is 24.5 Å². The van der Waals surface area contributed by atoms with Crippen LogP contribution in [0.4, 0.5) is 0 Å². The van der Waals surface area contributed by atoms with E-state index in [-0.39, 0.29) is 17.9 Å². The second-order valence-corrected chi connectivity index (χ2v) is 8.09. The van der Waals surface area contributed by atoms with Gasteiger partial charge < -0.3 is 5.11 Å². The van der Waals surface area contributed by atoms with Gasteiger partial charge in [-0.05, 0) is 6.42 Å².